The highest BCUT2D eigenvalue weighted by Gasteiger charge is 2.07. The van der Waals surface area contributed by atoms with Gasteiger partial charge in [0, 0.05) is 6.54 Å². The van der Waals surface area contributed by atoms with Gasteiger partial charge < -0.3 is 11.1 Å². The van der Waals surface area contributed by atoms with Gasteiger partial charge in [0.25, 0.3) is 0 Å². The molecule has 0 heterocycles. The van der Waals surface area contributed by atoms with Gasteiger partial charge in [0.1, 0.15) is 0 Å². The number of amides is 1. The van der Waals surface area contributed by atoms with E-state index < -0.39 is 0 Å². The van der Waals surface area contributed by atoms with Crippen molar-refractivity contribution in [3.05, 3.63) is 0 Å². The Bertz CT molecular complexity index is 123. The maximum atomic E-state index is 10.7. The summed E-state index contributed by atoms with van der Waals surface area (Å²) in [6.45, 7) is 7.21. The minimum Gasteiger partial charge on any atom is -0.355 e. The summed E-state index contributed by atoms with van der Waals surface area (Å²) in [5.74, 6) is 1.05. The molecule has 3 heteroatoms. The molecule has 3 nitrogen and oxygen atoms in total. The number of nitrogens with two attached hydrogens (primary N) is 1. The van der Waals surface area contributed by atoms with Crippen molar-refractivity contribution in [2.75, 3.05) is 13.1 Å². The van der Waals surface area contributed by atoms with Crippen molar-refractivity contribution in [3.63, 3.8) is 0 Å². The molecule has 0 aliphatic carbocycles. The minimum atomic E-state index is -0.0718. The van der Waals surface area contributed by atoms with Crippen LogP contribution in [0.25, 0.3) is 0 Å². The van der Waals surface area contributed by atoms with Crippen molar-refractivity contribution >= 4 is 5.91 Å². The third-order valence-corrected chi connectivity index (χ3v) is 1.94. The summed E-state index contributed by atoms with van der Waals surface area (Å²) in [7, 11) is 0. The minimum absolute atomic E-state index is 0.0718. The lowest BCUT2D eigenvalue weighted by molar-refractivity contribution is -0.119. The van der Waals surface area contributed by atoms with Gasteiger partial charge in [-0.1, -0.05) is 20.8 Å². The molecule has 0 aliphatic rings. The van der Waals surface area contributed by atoms with Crippen molar-refractivity contribution in [2.45, 2.75) is 20.8 Å². The van der Waals surface area contributed by atoms with E-state index in [4.69, 9.17) is 5.73 Å². The fourth-order valence-corrected chi connectivity index (χ4v) is 0.583. The van der Waals surface area contributed by atoms with Gasteiger partial charge in [-0.05, 0) is 11.8 Å². The molecule has 66 valence electrons. The molecule has 0 aromatic carbocycles. The van der Waals surface area contributed by atoms with Crippen molar-refractivity contribution < 1.29 is 4.79 Å². The van der Waals surface area contributed by atoms with Gasteiger partial charge in [0.15, 0.2) is 0 Å². The normalized spacial score (nSPS) is 13.2. The molecule has 0 rings (SSSR count). The molecular weight excluding hydrogens is 140 g/mol. The molecule has 0 saturated heterocycles. The van der Waals surface area contributed by atoms with Crippen molar-refractivity contribution in [3.8, 4) is 0 Å². The van der Waals surface area contributed by atoms with Crippen LogP contribution in [0.4, 0.5) is 0 Å². The first-order chi connectivity index (χ1) is 5.07. The van der Waals surface area contributed by atoms with Crippen molar-refractivity contribution in [1.29, 1.82) is 0 Å². The second-order valence-corrected chi connectivity index (χ2v) is 3.23. The van der Waals surface area contributed by atoms with Crippen LogP contribution in [0.5, 0.6) is 0 Å². The fourth-order valence-electron chi connectivity index (χ4n) is 0.583. The first kappa shape index (κ1) is 10.4. The van der Waals surface area contributed by atoms with Crippen LogP contribution in [0, 0.1) is 11.8 Å². The smallest absolute Gasteiger partial charge is 0.233 e. The molecule has 0 aromatic heterocycles. The van der Waals surface area contributed by atoms with Gasteiger partial charge in [-0.2, -0.15) is 0 Å². The van der Waals surface area contributed by atoms with E-state index in [2.05, 4.69) is 26.1 Å². The second-order valence-electron chi connectivity index (χ2n) is 3.23. The molecule has 0 radical (unpaired) electrons. The van der Waals surface area contributed by atoms with Crippen LogP contribution < -0.4 is 11.1 Å². The number of rotatable bonds is 4. The van der Waals surface area contributed by atoms with Gasteiger partial charge >= 0.3 is 0 Å². The highest BCUT2D eigenvalue weighted by Crippen LogP contribution is 2.06. The second kappa shape index (κ2) is 5.13. The van der Waals surface area contributed by atoms with Crippen molar-refractivity contribution in [2.24, 2.45) is 17.6 Å². The molecule has 0 spiro atoms. The molecular formula is C8H18N2O. The summed E-state index contributed by atoms with van der Waals surface area (Å²) in [5.41, 5.74) is 5.12. The lowest BCUT2D eigenvalue weighted by Crippen LogP contribution is -2.34. The molecule has 0 aliphatic heterocycles. The van der Waals surface area contributed by atoms with E-state index in [0.29, 0.717) is 11.8 Å². The topological polar surface area (TPSA) is 55.1 Å². The number of nitrogens with one attached hydrogen (secondary N) is 1. The van der Waals surface area contributed by atoms with Gasteiger partial charge in [0.05, 0.1) is 6.54 Å². The molecule has 0 fully saturated rings. The summed E-state index contributed by atoms with van der Waals surface area (Å²) >= 11 is 0. The standard InChI is InChI=1S/C8H18N2O/c1-6(2)7(3)5-10-8(11)4-9/h6-7H,4-5,9H2,1-3H3,(H,10,11). The van der Waals surface area contributed by atoms with Crippen LogP contribution in [0.1, 0.15) is 20.8 Å². The molecule has 3 N–H and O–H groups in total. The monoisotopic (exact) mass is 158 g/mol. The quantitative estimate of drug-likeness (QED) is 0.620. The highest BCUT2D eigenvalue weighted by molar-refractivity contribution is 5.77. The number of hydrogen-bond acceptors (Lipinski definition) is 2. The van der Waals surface area contributed by atoms with Crippen LogP contribution in [-0.2, 0) is 4.79 Å². The summed E-state index contributed by atoms with van der Waals surface area (Å²) in [6.07, 6.45) is 0. The summed E-state index contributed by atoms with van der Waals surface area (Å²) in [6, 6.07) is 0. The van der Waals surface area contributed by atoms with Gasteiger partial charge in [-0.15, -0.1) is 0 Å². The molecule has 0 aromatic rings. The van der Waals surface area contributed by atoms with Crippen LogP contribution >= 0.6 is 0 Å². The lowest BCUT2D eigenvalue weighted by Gasteiger charge is -2.15. The average Bonchev–Trinajstić information content (AvgIpc) is 1.99. The molecule has 0 saturated carbocycles. The van der Waals surface area contributed by atoms with Crippen molar-refractivity contribution in [1.82, 2.24) is 5.32 Å². The molecule has 11 heavy (non-hydrogen) atoms. The highest BCUT2D eigenvalue weighted by atomic mass is 16.1. The van der Waals surface area contributed by atoms with Crippen LogP contribution in [0.3, 0.4) is 0 Å². The molecule has 1 amide bonds. The largest absolute Gasteiger partial charge is 0.355 e. The first-order valence-corrected chi connectivity index (χ1v) is 4.04. The first-order valence-electron chi connectivity index (χ1n) is 4.04. The predicted molar refractivity (Wildman–Crippen MR) is 46.1 cm³/mol. The Kier molecular flexibility index (Phi) is 4.86. The number of carbonyl (C=O) groups excluding carboxylic acids is 1. The molecule has 0 bridgehead atoms. The third-order valence-electron chi connectivity index (χ3n) is 1.94. The van der Waals surface area contributed by atoms with Gasteiger partial charge in [0.2, 0.25) is 5.91 Å². The van der Waals surface area contributed by atoms with Crippen LogP contribution in [0.2, 0.25) is 0 Å². The summed E-state index contributed by atoms with van der Waals surface area (Å²) in [5, 5.41) is 2.75. The van der Waals surface area contributed by atoms with Crippen LogP contribution in [-0.4, -0.2) is 19.0 Å². The third kappa shape index (κ3) is 4.79. The van der Waals surface area contributed by atoms with Gasteiger partial charge in [-0.3, -0.25) is 4.79 Å². The van der Waals surface area contributed by atoms with E-state index in [1.54, 1.807) is 0 Å². The van der Waals surface area contributed by atoms with E-state index in [-0.39, 0.29) is 12.5 Å². The number of carbonyl (C=O) groups is 1. The van der Waals surface area contributed by atoms with E-state index in [1.165, 1.54) is 0 Å². The van der Waals surface area contributed by atoms with E-state index >= 15 is 0 Å². The van der Waals surface area contributed by atoms with E-state index in [9.17, 15) is 4.79 Å². The van der Waals surface area contributed by atoms with E-state index in [0.717, 1.165) is 6.54 Å². The Labute approximate surface area is 68.3 Å². The predicted octanol–water partition coefficient (Wildman–Crippen LogP) is 0.353. The SMILES string of the molecule is CC(C)C(C)CNC(=O)CN. The zero-order valence-corrected chi connectivity index (χ0v) is 7.55. The number of hydrogen-bond donors (Lipinski definition) is 2. The Morgan fingerprint density at radius 3 is 2.36 bits per heavy atom. The van der Waals surface area contributed by atoms with Gasteiger partial charge in [-0.25, -0.2) is 0 Å². The Morgan fingerprint density at radius 1 is 1.45 bits per heavy atom. The Balaban J connectivity index is 3.45. The lowest BCUT2D eigenvalue weighted by atomic mass is 9.98. The molecule has 1 unspecified atom stereocenters. The zero-order chi connectivity index (χ0) is 8.85. The fraction of sp³-hybridized carbons (Fsp3) is 0.875. The molecule has 1 atom stereocenters. The van der Waals surface area contributed by atoms with Crippen LogP contribution in [0.15, 0.2) is 0 Å². The van der Waals surface area contributed by atoms with E-state index in [1.807, 2.05) is 0 Å². The average molecular weight is 158 g/mol. The zero-order valence-electron chi connectivity index (χ0n) is 7.55. The Morgan fingerprint density at radius 2 is 2.00 bits per heavy atom. The maximum Gasteiger partial charge on any atom is 0.233 e. The maximum absolute atomic E-state index is 10.7. The summed E-state index contributed by atoms with van der Waals surface area (Å²) in [4.78, 5) is 10.7. The summed E-state index contributed by atoms with van der Waals surface area (Å²) < 4.78 is 0. The Hall–Kier alpha value is -0.570.